The lowest BCUT2D eigenvalue weighted by molar-refractivity contribution is 0.211. The molecular formula is C16H18O. The second kappa shape index (κ2) is 4.55. The van der Waals surface area contributed by atoms with E-state index in [0.29, 0.717) is 0 Å². The first kappa shape index (κ1) is 10.9. The lowest BCUT2D eigenvalue weighted by Gasteiger charge is -2.24. The van der Waals surface area contributed by atoms with Crippen LogP contribution < -0.4 is 0 Å². The highest BCUT2D eigenvalue weighted by molar-refractivity contribution is 5.50. The van der Waals surface area contributed by atoms with Crippen molar-refractivity contribution >= 4 is 0 Å². The highest BCUT2D eigenvalue weighted by Gasteiger charge is 2.21. The van der Waals surface area contributed by atoms with Crippen LogP contribution in [0.2, 0.25) is 0 Å². The van der Waals surface area contributed by atoms with Gasteiger partial charge in [-0.15, -0.1) is 0 Å². The second-order valence-corrected chi connectivity index (χ2v) is 5.13. The predicted octanol–water partition coefficient (Wildman–Crippen LogP) is 3.27. The minimum atomic E-state index is -0.334. The van der Waals surface area contributed by atoms with Crippen LogP contribution in [0.25, 0.3) is 0 Å². The highest BCUT2D eigenvalue weighted by Crippen LogP contribution is 2.32. The van der Waals surface area contributed by atoms with Gasteiger partial charge in [-0.1, -0.05) is 29.6 Å². The van der Waals surface area contributed by atoms with Crippen molar-refractivity contribution < 1.29 is 5.11 Å². The number of allylic oxidation sites excluding steroid dienone is 3. The first-order chi connectivity index (χ1) is 8.34. The molecule has 0 aromatic carbocycles. The molecule has 3 aliphatic rings. The van der Waals surface area contributed by atoms with Gasteiger partial charge in [-0.2, -0.15) is 0 Å². The summed E-state index contributed by atoms with van der Waals surface area (Å²) >= 11 is 0. The number of aliphatic hydroxyl groups is 1. The Morgan fingerprint density at radius 3 is 2.82 bits per heavy atom. The second-order valence-electron chi connectivity index (χ2n) is 5.13. The minimum Gasteiger partial charge on any atom is -0.388 e. The molecule has 3 rings (SSSR count). The molecule has 0 radical (unpaired) electrons. The van der Waals surface area contributed by atoms with Crippen LogP contribution in [0.15, 0.2) is 34.4 Å². The van der Waals surface area contributed by atoms with E-state index in [1.807, 2.05) is 0 Å². The Morgan fingerprint density at radius 1 is 1.06 bits per heavy atom. The fourth-order valence-corrected chi connectivity index (χ4v) is 2.97. The van der Waals surface area contributed by atoms with Crippen molar-refractivity contribution in [1.82, 2.24) is 0 Å². The lowest BCUT2D eigenvalue weighted by atomic mass is 9.83. The van der Waals surface area contributed by atoms with E-state index in [4.69, 9.17) is 0 Å². The maximum absolute atomic E-state index is 10.3. The maximum atomic E-state index is 10.3. The molecule has 0 aliphatic heterocycles. The Hall–Kier alpha value is -1.26. The zero-order valence-corrected chi connectivity index (χ0v) is 10.1. The molecule has 0 aromatic heterocycles. The van der Waals surface area contributed by atoms with E-state index in [2.05, 4.69) is 24.0 Å². The van der Waals surface area contributed by atoms with Crippen LogP contribution in [-0.2, 0) is 0 Å². The van der Waals surface area contributed by atoms with E-state index in [9.17, 15) is 5.11 Å². The van der Waals surface area contributed by atoms with Crippen molar-refractivity contribution in [1.29, 1.82) is 0 Å². The van der Waals surface area contributed by atoms with Crippen LogP contribution in [-0.4, -0.2) is 11.2 Å². The molecular weight excluding hydrogens is 208 g/mol. The van der Waals surface area contributed by atoms with E-state index < -0.39 is 0 Å². The molecule has 1 N–H and O–H groups in total. The molecule has 0 aromatic rings. The summed E-state index contributed by atoms with van der Waals surface area (Å²) < 4.78 is 0. The Morgan fingerprint density at radius 2 is 1.88 bits per heavy atom. The summed E-state index contributed by atoms with van der Waals surface area (Å²) in [6, 6.07) is 0. The van der Waals surface area contributed by atoms with Gasteiger partial charge < -0.3 is 5.11 Å². The summed E-state index contributed by atoms with van der Waals surface area (Å²) in [6.45, 7) is 0. The van der Waals surface area contributed by atoms with E-state index >= 15 is 0 Å². The largest absolute Gasteiger partial charge is 0.388 e. The number of aliphatic hydroxyl groups excluding tert-OH is 1. The smallest absolute Gasteiger partial charge is 0.0836 e. The summed E-state index contributed by atoms with van der Waals surface area (Å²) in [5.41, 5.74) is 4.95. The van der Waals surface area contributed by atoms with Crippen molar-refractivity contribution in [2.45, 2.75) is 51.0 Å². The molecule has 0 bridgehead atoms. The molecule has 88 valence electrons. The van der Waals surface area contributed by atoms with Crippen molar-refractivity contribution in [2.75, 3.05) is 0 Å². The van der Waals surface area contributed by atoms with Gasteiger partial charge in [-0.25, -0.2) is 0 Å². The van der Waals surface area contributed by atoms with Crippen LogP contribution in [0.5, 0.6) is 0 Å². The van der Waals surface area contributed by atoms with Crippen LogP contribution in [0, 0.1) is 11.8 Å². The topological polar surface area (TPSA) is 20.2 Å². The highest BCUT2D eigenvalue weighted by atomic mass is 16.3. The van der Waals surface area contributed by atoms with Crippen molar-refractivity contribution in [3.63, 3.8) is 0 Å². The summed E-state index contributed by atoms with van der Waals surface area (Å²) in [5, 5.41) is 10.3. The van der Waals surface area contributed by atoms with E-state index in [-0.39, 0.29) is 6.10 Å². The molecule has 0 heterocycles. The maximum Gasteiger partial charge on any atom is 0.0836 e. The van der Waals surface area contributed by atoms with Gasteiger partial charge in [0.2, 0.25) is 0 Å². The Balaban J connectivity index is 2.02. The van der Waals surface area contributed by atoms with E-state index in [1.165, 1.54) is 24.0 Å². The standard InChI is InChI=1S/C16H18O/c17-16-11-14-7-2-1-5-12(14)9-10-13-6-3-4-8-15(13)16/h4,8,16-17H,1-3,5-7,11H2. The van der Waals surface area contributed by atoms with Gasteiger partial charge in [0.05, 0.1) is 6.10 Å². The fraction of sp³-hybridized carbons (Fsp3) is 0.500. The van der Waals surface area contributed by atoms with Crippen LogP contribution in [0.4, 0.5) is 0 Å². The fourth-order valence-electron chi connectivity index (χ4n) is 2.97. The molecule has 1 atom stereocenters. The molecule has 0 fully saturated rings. The molecule has 0 saturated heterocycles. The zero-order valence-electron chi connectivity index (χ0n) is 10.1. The van der Waals surface area contributed by atoms with Crippen LogP contribution in [0.1, 0.15) is 44.9 Å². The Labute approximate surface area is 103 Å². The number of hydrogen-bond acceptors (Lipinski definition) is 1. The molecule has 3 aliphatic carbocycles. The van der Waals surface area contributed by atoms with Crippen molar-refractivity contribution in [3.8, 4) is 11.8 Å². The molecule has 0 amide bonds. The summed E-state index contributed by atoms with van der Waals surface area (Å²) in [6.07, 6.45) is 11.5. The number of hydrogen-bond donors (Lipinski definition) is 1. The third kappa shape index (κ3) is 2.10. The molecule has 0 spiro atoms. The monoisotopic (exact) mass is 226 g/mol. The molecule has 17 heavy (non-hydrogen) atoms. The quantitative estimate of drug-likeness (QED) is 0.628. The lowest BCUT2D eigenvalue weighted by Crippen LogP contribution is -2.16. The van der Waals surface area contributed by atoms with Crippen LogP contribution in [0.3, 0.4) is 0 Å². The van der Waals surface area contributed by atoms with E-state index in [0.717, 1.165) is 43.3 Å². The molecule has 1 heteroatoms. The minimum absolute atomic E-state index is 0.334. The van der Waals surface area contributed by atoms with Gasteiger partial charge in [-0.3, -0.25) is 0 Å². The predicted molar refractivity (Wildman–Crippen MR) is 69.3 cm³/mol. The summed E-state index contributed by atoms with van der Waals surface area (Å²) in [4.78, 5) is 0. The van der Waals surface area contributed by atoms with Gasteiger partial charge in [0.15, 0.2) is 0 Å². The molecule has 0 saturated carbocycles. The van der Waals surface area contributed by atoms with Gasteiger partial charge >= 0.3 is 0 Å². The Bertz CT molecular complexity index is 479. The van der Waals surface area contributed by atoms with Crippen LogP contribution >= 0.6 is 0 Å². The molecule has 1 nitrogen and oxygen atoms in total. The van der Waals surface area contributed by atoms with Crippen molar-refractivity contribution in [2.24, 2.45) is 0 Å². The number of rotatable bonds is 0. The summed E-state index contributed by atoms with van der Waals surface area (Å²) in [5.74, 6) is 6.68. The first-order valence-electron chi connectivity index (χ1n) is 6.65. The molecule has 1 unspecified atom stereocenters. The van der Waals surface area contributed by atoms with Gasteiger partial charge in [-0.05, 0) is 50.5 Å². The van der Waals surface area contributed by atoms with Crippen molar-refractivity contribution in [3.05, 3.63) is 34.4 Å². The SMILES string of the molecule is OC1CC2=C(C#CC3=C1C=CCC3)CCCC2. The van der Waals surface area contributed by atoms with Gasteiger partial charge in [0, 0.05) is 11.1 Å². The third-order valence-electron chi connectivity index (χ3n) is 3.95. The summed E-state index contributed by atoms with van der Waals surface area (Å²) in [7, 11) is 0. The Kier molecular flexibility index (Phi) is 2.91. The first-order valence-corrected chi connectivity index (χ1v) is 6.65. The third-order valence-corrected chi connectivity index (χ3v) is 3.95. The van der Waals surface area contributed by atoms with Gasteiger partial charge in [0.1, 0.15) is 0 Å². The zero-order chi connectivity index (χ0) is 11.7. The van der Waals surface area contributed by atoms with E-state index in [1.54, 1.807) is 0 Å². The van der Waals surface area contributed by atoms with Gasteiger partial charge in [0.25, 0.3) is 0 Å². The average molecular weight is 226 g/mol. The average Bonchev–Trinajstić information content (AvgIpc) is 2.36. The normalized spacial score (nSPS) is 27.7.